The summed E-state index contributed by atoms with van der Waals surface area (Å²) in [5.74, 6) is 1.60. The number of benzene rings is 2. The van der Waals surface area contributed by atoms with Crippen molar-refractivity contribution in [1.29, 1.82) is 5.26 Å². The third-order valence-electron chi connectivity index (χ3n) is 4.09. The maximum Gasteiger partial charge on any atom is 0.272 e. The second-order valence-corrected chi connectivity index (χ2v) is 7.42. The number of hydrogen-bond donors (Lipinski definition) is 0. The highest BCUT2D eigenvalue weighted by Crippen LogP contribution is 2.25. The number of ether oxygens (including phenoxy) is 1. The number of nitriles is 1. The van der Waals surface area contributed by atoms with Gasteiger partial charge in [0.05, 0.1) is 18.2 Å². The van der Waals surface area contributed by atoms with Crippen LogP contribution in [0.25, 0.3) is 0 Å². The van der Waals surface area contributed by atoms with Crippen LogP contribution in [0.3, 0.4) is 0 Å². The number of carbonyl (C=O) groups is 1. The average molecular weight is 412 g/mol. The molecule has 0 aliphatic carbocycles. The highest BCUT2D eigenvalue weighted by Gasteiger charge is 2.28. The van der Waals surface area contributed by atoms with Crippen molar-refractivity contribution in [3.8, 4) is 11.8 Å². The molecule has 4 rings (SSSR count). The third-order valence-corrected chi connectivity index (χ3v) is 5.22. The molecule has 0 saturated heterocycles. The standard InChI is InChI=1S/C19H14ClN5O2S/c20-15-5-2-6-16(10-15)27-12-17-22-23-19-25(17)24(7-8-28-19)18(26)14-4-1-3-13(9-14)11-21/h1-6,9-10H,7-8,12H2. The minimum atomic E-state index is -0.220. The Bertz CT molecular complexity index is 1080. The van der Waals surface area contributed by atoms with Gasteiger partial charge in [-0.15, -0.1) is 10.2 Å². The fourth-order valence-corrected chi connectivity index (χ4v) is 3.86. The van der Waals surface area contributed by atoms with E-state index in [1.807, 2.05) is 0 Å². The molecule has 28 heavy (non-hydrogen) atoms. The summed E-state index contributed by atoms with van der Waals surface area (Å²) in [7, 11) is 0. The van der Waals surface area contributed by atoms with E-state index in [-0.39, 0.29) is 12.5 Å². The summed E-state index contributed by atoms with van der Waals surface area (Å²) in [6, 6.07) is 15.8. The van der Waals surface area contributed by atoms with Gasteiger partial charge in [0.2, 0.25) is 5.16 Å². The lowest BCUT2D eigenvalue weighted by Crippen LogP contribution is -2.45. The van der Waals surface area contributed by atoms with Crippen LogP contribution in [0.5, 0.6) is 5.75 Å². The van der Waals surface area contributed by atoms with E-state index >= 15 is 0 Å². The summed E-state index contributed by atoms with van der Waals surface area (Å²) in [6.07, 6.45) is 0. The van der Waals surface area contributed by atoms with Crippen molar-refractivity contribution in [2.75, 3.05) is 17.3 Å². The molecule has 140 valence electrons. The van der Waals surface area contributed by atoms with Crippen molar-refractivity contribution in [2.24, 2.45) is 0 Å². The Morgan fingerprint density at radius 1 is 1.25 bits per heavy atom. The number of halogens is 1. The number of fused-ring (bicyclic) bond motifs is 1. The lowest BCUT2D eigenvalue weighted by molar-refractivity contribution is 0.0952. The van der Waals surface area contributed by atoms with Crippen LogP contribution >= 0.6 is 23.4 Å². The topological polar surface area (TPSA) is 84.0 Å². The second kappa shape index (κ2) is 7.92. The molecule has 0 atom stereocenters. The van der Waals surface area contributed by atoms with Crippen molar-refractivity contribution < 1.29 is 9.53 Å². The molecule has 0 fully saturated rings. The first kappa shape index (κ1) is 18.3. The van der Waals surface area contributed by atoms with Gasteiger partial charge in [0.15, 0.2) is 5.82 Å². The van der Waals surface area contributed by atoms with Crippen LogP contribution in [0.4, 0.5) is 0 Å². The fourth-order valence-electron chi connectivity index (χ4n) is 2.81. The summed E-state index contributed by atoms with van der Waals surface area (Å²) in [5, 5.41) is 20.2. The molecule has 0 radical (unpaired) electrons. The second-order valence-electron chi connectivity index (χ2n) is 5.93. The van der Waals surface area contributed by atoms with Crippen LogP contribution in [0.2, 0.25) is 5.02 Å². The van der Waals surface area contributed by atoms with Crippen LogP contribution in [0.1, 0.15) is 21.7 Å². The molecule has 9 heteroatoms. The van der Waals surface area contributed by atoms with E-state index < -0.39 is 0 Å². The predicted octanol–water partition coefficient (Wildman–Crippen LogP) is 3.27. The molecule has 3 aromatic rings. The normalized spacial score (nSPS) is 12.9. The van der Waals surface area contributed by atoms with E-state index in [2.05, 4.69) is 16.3 Å². The van der Waals surface area contributed by atoms with Gasteiger partial charge in [0, 0.05) is 16.3 Å². The highest BCUT2D eigenvalue weighted by molar-refractivity contribution is 7.99. The van der Waals surface area contributed by atoms with Gasteiger partial charge < -0.3 is 4.74 Å². The maximum atomic E-state index is 13.1. The van der Waals surface area contributed by atoms with Crippen LogP contribution in [-0.4, -0.2) is 33.1 Å². The maximum absolute atomic E-state index is 13.1. The summed E-state index contributed by atoms with van der Waals surface area (Å²) in [6.45, 7) is 0.630. The predicted molar refractivity (Wildman–Crippen MR) is 105 cm³/mol. The Morgan fingerprint density at radius 3 is 2.93 bits per heavy atom. The van der Waals surface area contributed by atoms with Crippen LogP contribution in [0.15, 0.2) is 53.7 Å². The molecular weight excluding hydrogens is 398 g/mol. The average Bonchev–Trinajstić information content (AvgIpc) is 3.15. The van der Waals surface area contributed by atoms with E-state index in [9.17, 15) is 4.79 Å². The van der Waals surface area contributed by atoms with Gasteiger partial charge >= 0.3 is 0 Å². The van der Waals surface area contributed by atoms with E-state index in [4.69, 9.17) is 21.6 Å². The van der Waals surface area contributed by atoms with E-state index in [0.29, 0.717) is 45.2 Å². The minimum absolute atomic E-state index is 0.135. The first-order valence-electron chi connectivity index (χ1n) is 8.43. The number of thioether (sulfide) groups is 1. The van der Waals surface area contributed by atoms with Crippen molar-refractivity contribution in [3.63, 3.8) is 0 Å². The van der Waals surface area contributed by atoms with Crippen molar-refractivity contribution >= 4 is 29.3 Å². The van der Waals surface area contributed by atoms with Crippen molar-refractivity contribution in [2.45, 2.75) is 11.8 Å². The number of amides is 1. The van der Waals surface area contributed by atoms with Crippen molar-refractivity contribution in [1.82, 2.24) is 14.9 Å². The summed E-state index contributed by atoms with van der Waals surface area (Å²) in [4.78, 5) is 13.1. The van der Waals surface area contributed by atoms with Gasteiger partial charge in [-0.1, -0.05) is 35.5 Å². The summed E-state index contributed by atoms with van der Waals surface area (Å²) >= 11 is 7.51. The van der Waals surface area contributed by atoms with E-state index in [1.54, 1.807) is 58.2 Å². The zero-order valence-corrected chi connectivity index (χ0v) is 16.2. The monoisotopic (exact) mass is 411 g/mol. The number of rotatable bonds is 4. The van der Waals surface area contributed by atoms with Gasteiger partial charge in [-0.2, -0.15) is 5.26 Å². The first-order valence-corrected chi connectivity index (χ1v) is 9.80. The number of nitrogens with zero attached hydrogens (tertiary/aromatic N) is 5. The van der Waals surface area contributed by atoms with Gasteiger partial charge in [0.1, 0.15) is 12.4 Å². The van der Waals surface area contributed by atoms with Gasteiger partial charge in [0.25, 0.3) is 5.91 Å². The smallest absolute Gasteiger partial charge is 0.272 e. The van der Waals surface area contributed by atoms with Crippen molar-refractivity contribution in [3.05, 3.63) is 70.5 Å². The minimum Gasteiger partial charge on any atom is -0.485 e. The number of hydrogen-bond acceptors (Lipinski definition) is 6. The zero-order valence-electron chi connectivity index (χ0n) is 14.6. The molecule has 0 bridgehead atoms. The Morgan fingerprint density at radius 2 is 2.11 bits per heavy atom. The quantitative estimate of drug-likeness (QED) is 0.655. The molecule has 7 nitrogen and oxygen atoms in total. The van der Waals surface area contributed by atoms with Crippen LogP contribution < -0.4 is 9.75 Å². The zero-order chi connectivity index (χ0) is 19.5. The molecular formula is C19H14ClN5O2S. The van der Waals surface area contributed by atoms with E-state index in [1.165, 1.54) is 11.8 Å². The molecule has 0 unspecified atom stereocenters. The SMILES string of the molecule is N#Cc1cccc(C(=O)N2CCSc3nnc(COc4cccc(Cl)c4)n32)c1. The lowest BCUT2D eigenvalue weighted by atomic mass is 10.1. The molecule has 1 aliphatic rings. The number of carbonyl (C=O) groups excluding carboxylic acids is 1. The van der Waals surface area contributed by atoms with Gasteiger partial charge in [-0.05, 0) is 36.4 Å². The van der Waals surface area contributed by atoms with Gasteiger partial charge in [-0.25, -0.2) is 9.69 Å². The number of aromatic nitrogens is 3. The summed E-state index contributed by atoms with van der Waals surface area (Å²) in [5.41, 5.74) is 0.873. The fraction of sp³-hybridized carbons (Fsp3) is 0.158. The Hall–Kier alpha value is -3.02. The summed E-state index contributed by atoms with van der Waals surface area (Å²) < 4.78 is 7.45. The highest BCUT2D eigenvalue weighted by atomic mass is 35.5. The molecule has 0 N–H and O–H groups in total. The largest absolute Gasteiger partial charge is 0.485 e. The van der Waals surface area contributed by atoms with Crippen LogP contribution in [-0.2, 0) is 6.61 Å². The molecule has 2 aromatic carbocycles. The molecule has 1 amide bonds. The Balaban J connectivity index is 1.60. The van der Waals surface area contributed by atoms with E-state index in [0.717, 1.165) is 0 Å². The molecule has 0 spiro atoms. The molecule has 2 heterocycles. The third kappa shape index (κ3) is 3.67. The first-order chi connectivity index (χ1) is 13.7. The Labute approximate surface area is 170 Å². The van der Waals surface area contributed by atoms with Gasteiger partial charge in [-0.3, -0.25) is 4.79 Å². The lowest BCUT2D eigenvalue weighted by Gasteiger charge is -2.29. The van der Waals surface area contributed by atoms with Crippen LogP contribution in [0, 0.1) is 11.3 Å². The Kier molecular flexibility index (Phi) is 5.19. The molecule has 0 saturated carbocycles. The molecule has 1 aromatic heterocycles. The molecule has 1 aliphatic heterocycles.